The number of aromatic hydroxyl groups is 1. The molecule has 0 radical (unpaired) electrons. The number of nitrogens with zero attached hydrogens (tertiary/aromatic N) is 2. The molecule has 2 rings (SSSR count). The van der Waals surface area contributed by atoms with Crippen LogP contribution < -0.4 is 5.73 Å². The molecule has 1 saturated heterocycles. The van der Waals surface area contributed by atoms with Gasteiger partial charge in [-0.25, -0.2) is 0 Å². The first kappa shape index (κ1) is 12.2. The van der Waals surface area contributed by atoms with E-state index < -0.39 is 0 Å². The molecule has 1 heterocycles. The standard InChI is InChI=1S/C13H21N3O/c1-15-6-8-16(9-7-15)5-4-11-2-3-13(17)12(14)10-11/h2-3,10,17H,4-9,14H2,1H3. The quantitative estimate of drug-likeness (QED) is 0.600. The molecular weight excluding hydrogens is 214 g/mol. The number of phenols is 1. The molecule has 4 heteroatoms. The van der Waals surface area contributed by atoms with Gasteiger partial charge in [0.15, 0.2) is 0 Å². The van der Waals surface area contributed by atoms with Crippen LogP contribution in [-0.4, -0.2) is 54.7 Å². The second-order valence-electron chi connectivity index (χ2n) is 4.79. The van der Waals surface area contributed by atoms with Crippen LogP contribution >= 0.6 is 0 Å². The van der Waals surface area contributed by atoms with E-state index in [0.29, 0.717) is 5.69 Å². The number of benzene rings is 1. The van der Waals surface area contributed by atoms with Crippen LogP contribution in [0, 0.1) is 0 Å². The normalized spacial score (nSPS) is 18.4. The van der Waals surface area contributed by atoms with E-state index in [1.165, 1.54) is 5.56 Å². The van der Waals surface area contributed by atoms with E-state index in [9.17, 15) is 5.11 Å². The lowest BCUT2D eigenvalue weighted by Crippen LogP contribution is -2.45. The highest BCUT2D eigenvalue weighted by Crippen LogP contribution is 2.20. The van der Waals surface area contributed by atoms with Gasteiger partial charge in [-0.3, -0.25) is 0 Å². The number of hydrogen-bond acceptors (Lipinski definition) is 4. The van der Waals surface area contributed by atoms with E-state index in [1.54, 1.807) is 6.07 Å². The van der Waals surface area contributed by atoms with E-state index in [-0.39, 0.29) is 5.75 Å². The van der Waals surface area contributed by atoms with E-state index in [1.807, 2.05) is 12.1 Å². The summed E-state index contributed by atoms with van der Waals surface area (Å²) in [5, 5.41) is 9.35. The van der Waals surface area contributed by atoms with Crippen molar-refractivity contribution in [2.45, 2.75) is 6.42 Å². The molecule has 1 aliphatic rings. The molecule has 0 bridgehead atoms. The fraction of sp³-hybridized carbons (Fsp3) is 0.538. The van der Waals surface area contributed by atoms with Crippen molar-refractivity contribution in [3.05, 3.63) is 23.8 Å². The molecular formula is C13H21N3O. The number of piperazine rings is 1. The Bertz CT molecular complexity index is 373. The van der Waals surface area contributed by atoms with E-state index in [2.05, 4.69) is 16.8 Å². The smallest absolute Gasteiger partial charge is 0.138 e. The first-order valence-corrected chi connectivity index (χ1v) is 6.13. The summed E-state index contributed by atoms with van der Waals surface area (Å²) >= 11 is 0. The predicted octanol–water partition coefficient (Wildman–Crippen LogP) is 0.764. The molecule has 1 fully saturated rings. The molecule has 0 atom stereocenters. The monoisotopic (exact) mass is 235 g/mol. The van der Waals surface area contributed by atoms with Gasteiger partial charge in [-0.2, -0.15) is 0 Å². The lowest BCUT2D eigenvalue weighted by atomic mass is 10.1. The molecule has 94 valence electrons. The van der Waals surface area contributed by atoms with Crippen molar-refractivity contribution in [3.63, 3.8) is 0 Å². The van der Waals surface area contributed by atoms with Gasteiger partial charge < -0.3 is 20.6 Å². The van der Waals surface area contributed by atoms with E-state index >= 15 is 0 Å². The minimum absolute atomic E-state index is 0.174. The predicted molar refractivity (Wildman–Crippen MR) is 70.2 cm³/mol. The maximum atomic E-state index is 9.35. The highest BCUT2D eigenvalue weighted by Gasteiger charge is 2.13. The average Bonchev–Trinajstić information content (AvgIpc) is 2.33. The highest BCUT2D eigenvalue weighted by atomic mass is 16.3. The molecule has 4 nitrogen and oxygen atoms in total. The SMILES string of the molecule is CN1CCN(CCc2ccc(O)c(N)c2)CC1. The molecule has 0 unspecified atom stereocenters. The molecule has 0 spiro atoms. The number of rotatable bonds is 3. The molecule has 17 heavy (non-hydrogen) atoms. The highest BCUT2D eigenvalue weighted by molar-refractivity contribution is 5.53. The Morgan fingerprint density at radius 3 is 2.59 bits per heavy atom. The van der Waals surface area contributed by atoms with Crippen LogP contribution in [0.3, 0.4) is 0 Å². The van der Waals surface area contributed by atoms with Crippen LogP contribution in [0.5, 0.6) is 5.75 Å². The van der Waals surface area contributed by atoms with Crippen molar-refractivity contribution in [2.75, 3.05) is 45.5 Å². The Labute approximate surface area is 103 Å². The van der Waals surface area contributed by atoms with Crippen molar-refractivity contribution in [3.8, 4) is 5.75 Å². The van der Waals surface area contributed by atoms with Gasteiger partial charge in [-0.05, 0) is 31.2 Å². The number of nitrogens with two attached hydrogens (primary N) is 1. The van der Waals surface area contributed by atoms with Crippen LogP contribution in [0.1, 0.15) is 5.56 Å². The van der Waals surface area contributed by atoms with Crippen LogP contribution in [0.2, 0.25) is 0 Å². The molecule has 0 saturated carbocycles. The van der Waals surface area contributed by atoms with Crippen LogP contribution in [0.4, 0.5) is 5.69 Å². The maximum Gasteiger partial charge on any atom is 0.138 e. The summed E-state index contributed by atoms with van der Waals surface area (Å²) in [6.07, 6.45) is 0.994. The number of likely N-dealkylation sites (N-methyl/N-ethyl adjacent to an activating group) is 1. The Hall–Kier alpha value is -1.26. The molecule has 1 aliphatic heterocycles. The fourth-order valence-corrected chi connectivity index (χ4v) is 2.12. The number of anilines is 1. The zero-order valence-corrected chi connectivity index (χ0v) is 10.4. The van der Waals surface area contributed by atoms with Gasteiger partial charge in [-0.1, -0.05) is 6.07 Å². The van der Waals surface area contributed by atoms with Crippen molar-refractivity contribution in [2.24, 2.45) is 0 Å². The van der Waals surface area contributed by atoms with Gasteiger partial charge in [0, 0.05) is 32.7 Å². The third-order valence-corrected chi connectivity index (χ3v) is 3.40. The van der Waals surface area contributed by atoms with E-state index in [4.69, 9.17) is 5.73 Å². The van der Waals surface area contributed by atoms with Crippen LogP contribution in [0.15, 0.2) is 18.2 Å². The largest absolute Gasteiger partial charge is 0.506 e. The van der Waals surface area contributed by atoms with Crippen molar-refractivity contribution < 1.29 is 5.11 Å². The molecule has 0 aromatic heterocycles. The first-order valence-electron chi connectivity index (χ1n) is 6.13. The Kier molecular flexibility index (Phi) is 3.86. The van der Waals surface area contributed by atoms with Gasteiger partial charge in [0.1, 0.15) is 5.75 Å². The molecule has 3 N–H and O–H groups in total. The lowest BCUT2D eigenvalue weighted by Gasteiger charge is -2.32. The van der Waals surface area contributed by atoms with Gasteiger partial charge in [-0.15, -0.1) is 0 Å². The first-order chi connectivity index (χ1) is 8.15. The minimum Gasteiger partial charge on any atom is -0.506 e. The summed E-state index contributed by atoms with van der Waals surface area (Å²) in [7, 11) is 2.16. The van der Waals surface area contributed by atoms with Gasteiger partial charge in [0.25, 0.3) is 0 Å². The Morgan fingerprint density at radius 1 is 1.24 bits per heavy atom. The Morgan fingerprint density at radius 2 is 1.94 bits per heavy atom. The zero-order chi connectivity index (χ0) is 12.3. The fourth-order valence-electron chi connectivity index (χ4n) is 2.12. The van der Waals surface area contributed by atoms with Gasteiger partial charge in [0.05, 0.1) is 5.69 Å². The number of nitrogen functional groups attached to an aromatic ring is 1. The summed E-state index contributed by atoms with van der Waals surface area (Å²) in [4.78, 5) is 4.83. The second-order valence-corrected chi connectivity index (χ2v) is 4.79. The maximum absolute atomic E-state index is 9.35. The molecule has 1 aromatic rings. The topological polar surface area (TPSA) is 52.7 Å². The summed E-state index contributed by atoms with van der Waals surface area (Å²) in [6.45, 7) is 5.65. The number of hydrogen-bond donors (Lipinski definition) is 2. The van der Waals surface area contributed by atoms with Gasteiger partial charge in [0.2, 0.25) is 0 Å². The average molecular weight is 235 g/mol. The summed E-state index contributed by atoms with van der Waals surface area (Å²) < 4.78 is 0. The zero-order valence-electron chi connectivity index (χ0n) is 10.4. The van der Waals surface area contributed by atoms with Gasteiger partial charge >= 0.3 is 0 Å². The minimum atomic E-state index is 0.174. The van der Waals surface area contributed by atoms with Crippen molar-refractivity contribution >= 4 is 5.69 Å². The lowest BCUT2D eigenvalue weighted by molar-refractivity contribution is 0.155. The second kappa shape index (κ2) is 5.38. The Balaban J connectivity index is 1.83. The summed E-state index contributed by atoms with van der Waals surface area (Å²) in [5.74, 6) is 0.174. The number of phenolic OH excluding ortho intramolecular Hbond substituents is 1. The molecule has 0 aliphatic carbocycles. The summed E-state index contributed by atoms with van der Waals surface area (Å²) in [6, 6.07) is 5.49. The van der Waals surface area contributed by atoms with Crippen molar-refractivity contribution in [1.82, 2.24) is 9.80 Å². The van der Waals surface area contributed by atoms with Crippen LogP contribution in [-0.2, 0) is 6.42 Å². The molecule has 1 aromatic carbocycles. The third kappa shape index (κ3) is 3.35. The van der Waals surface area contributed by atoms with Crippen molar-refractivity contribution in [1.29, 1.82) is 0 Å². The van der Waals surface area contributed by atoms with E-state index in [0.717, 1.165) is 39.1 Å². The third-order valence-electron chi connectivity index (χ3n) is 3.40. The molecule has 0 amide bonds. The van der Waals surface area contributed by atoms with Crippen LogP contribution in [0.25, 0.3) is 0 Å². The summed E-state index contributed by atoms with van der Waals surface area (Å²) in [5.41, 5.74) is 7.34.